The standard InChI is InChI=1S/C16H19F2NS/c1-4-7-19-16(15-6-5-11(3)20-15)12-9-13(17)10(2)8-14(12)18/h5-6,8-9,16,19H,4,7H2,1-3H3. The fourth-order valence-corrected chi connectivity index (χ4v) is 3.12. The predicted molar refractivity (Wildman–Crippen MR) is 80.3 cm³/mol. The van der Waals surface area contributed by atoms with Gasteiger partial charge in [0.2, 0.25) is 0 Å². The van der Waals surface area contributed by atoms with E-state index >= 15 is 0 Å². The fourth-order valence-electron chi connectivity index (χ4n) is 2.14. The Morgan fingerprint density at radius 3 is 2.50 bits per heavy atom. The van der Waals surface area contributed by atoms with Crippen LogP contribution in [0.4, 0.5) is 8.78 Å². The van der Waals surface area contributed by atoms with E-state index in [9.17, 15) is 8.78 Å². The van der Waals surface area contributed by atoms with Gasteiger partial charge in [0.25, 0.3) is 0 Å². The number of nitrogens with one attached hydrogen (secondary N) is 1. The fraction of sp³-hybridized carbons (Fsp3) is 0.375. The molecule has 0 aliphatic carbocycles. The predicted octanol–water partition coefficient (Wildman–Crippen LogP) is 4.73. The van der Waals surface area contributed by atoms with Crippen molar-refractivity contribution in [3.05, 3.63) is 56.8 Å². The van der Waals surface area contributed by atoms with Crippen LogP contribution in [0.15, 0.2) is 24.3 Å². The highest BCUT2D eigenvalue weighted by molar-refractivity contribution is 7.12. The van der Waals surface area contributed by atoms with Crippen LogP contribution in [-0.4, -0.2) is 6.54 Å². The Labute approximate surface area is 122 Å². The van der Waals surface area contributed by atoms with E-state index in [4.69, 9.17) is 0 Å². The number of benzene rings is 1. The van der Waals surface area contributed by atoms with Gasteiger partial charge in [-0.1, -0.05) is 6.92 Å². The minimum Gasteiger partial charge on any atom is -0.306 e. The van der Waals surface area contributed by atoms with Crippen molar-refractivity contribution in [2.75, 3.05) is 6.54 Å². The molecule has 1 unspecified atom stereocenters. The summed E-state index contributed by atoms with van der Waals surface area (Å²) < 4.78 is 28.0. The Morgan fingerprint density at radius 1 is 1.15 bits per heavy atom. The topological polar surface area (TPSA) is 12.0 Å². The molecular weight excluding hydrogens is 276 g/mol. The summed E-state index contributed by atoms with van der Waals surface area (Å²) in [4.78, 5) is 2.18. The SMILES string of the molecule is CCCNC(c1ccc(C)s1)c1cc(F)c(C)cc1F. The molecule has 0 spiro atoms. The second-order valence-electron chi connectivity index (χ2n) is 4.96. The number of hydrogen-bond donors (Lipinski definition) is 1. The maximum Gasteiger partial charge on any atom is 0.128 e. The molecule has 1 aromatic carbocycles. The van der Waals surface area contributed by atoms with E-state index < -0.39 is 0 Å². The number of hydrogen-bond acceptors (Lipinski definition) is 2. The van der Waals surface area contributed by atoms with Crippen molar-refractivity contribution in [1.82, 2.24) is 5.32 Å². The Kier molecular flexibility index (Phi) is 4.89. The van der Waals surface area contributed by atoms with Gasteiger partial charge in [0.15, 0.2) is 0 Å². The van der Waals surface area contributed by atoms with E-state index in [1.54, 1.807) is 18.3 Å². The number of halogens is 2. The van der Waals surface area contributed by atoms with E-state index in [1.807, 2.05) is 19.1 Å². The average Bonchev–Trinajstić information content (AvgIpc) is 2.82. The number of rotatable bonds is 5. The van der Waals surface area contributed by atoms with Crippen LogP contribution >= 0.6 is 11.3 Å². The van der Waals surface area contributed by atoms with Gasteiger partial charge in [0.05, 0.1) is 6.04 Å². The van der Waals surface area contributed by atoms with Crippen molar-refractivity contribution in [3.8, 4) is 0 Å². The van der Waals surface area contributed by atoms with Crippen LogP contribution in [0.3, 0.4) is 0 Å². The van der Waals surface area contributed by atoms with E-state index in [-0.39, 0.29) is 17.7 Å². The highest BCUT2D eigenvalue weighted by Crippen LogP contribution is 2.31. The minimum atomic E-state index is -0.363. The van der Waals surface area contributed by atoms with E-state index in [0.29, 0.717) is 11.1 Å². The highest BCUT2D eigenvalue weighted by Gasteiger charge is 2.20. The zero-order valence-electron chi connectivity index (χ0n) is 12.0. The van der Waals surface area contributed by atoms with E-state index in [2.05, 4.69) is 12.2 Å². The van der Waals surface area contributed by atoms with Crippen molar-refractivity contribution in [2.45, 2.75) is 33.2 Å². The summed E-state index contributed by atoms with van der Waals surface area (Å²) in [6, 6.07) is 6.27. The van der Waals surface area contributed by atoms with Gasteiger partial charge >= 0.3 is 0 Å². The molecular formula is C16H19F2NS. The molecule has 1 heterocycles. The second-order valence-corrected chi connectivity index (χ2v) is 6.28. The third-order valence-corrected chi connectivity index (χ3v) is 4.30. The summed E-state index contributed by atoms with van der Waals surface area (Å²) in [5.41, 5.74) is 0.714. The lowest BCUT2D eigenvalue weighted by Gasteiger charge is -2.19. The van der Waals surface area contributed by atoms with E-state index in [1.165, 1.54) is 12.1 Å². The zero-order valence-corrected chi connectivity index (χ0v) is 12.8. The molecule has 1 nitrogen and oxygen atoms in total. The first-order valence-electron chi connectivity index (χ1n) is 6.78. The Bertz CT molecular complexity index is 592. The van der Waals surface area contributed by atoms with Crippen molar-refractivity contribution in [1.29, 1.82) is 0 Å². The molecule has 20 heavy (non-hydrogen) atoms. The number of aryl methyl sites for hydroxylation is 2. The van der Waals surface area contributed by atoms with Crippen molar-refractivity contribution in [3.63, 3.8) is 0 Å². The first-order valence-corrected chi connectivity index (χ1v) is 7.59. The minimum absolute atomic E-state index is 0.288. The molecule has 1 N–H and O–H groups in total. The Morgan fingerprint density at radius 2 is 1.90 bits per heavy atom. The maximum absolute atomic E-state index is 14.2. The van der Waals surface area contributed by atoms with Crippen LogP contribution < -0.4 is 5.32 Å². The third kappa shape index (κ3) is 3.25. The first-order chi connectivity index (χ1) is 9.52. The smallest absolute Gasteiger partial charge is 0.128 e. The largest absolute Gasteiger partial charge is 0.306 e. The summed E-state index contributed by atoms with van der Waals surface area (Å²) in [7, 11) is 0. The van der Waals surface area contributed by atoms with Gasteiger partial charge in [-0.3, -0.25) is 0 Å². The normalized spacial score (nSPS) is 12.7. The number of thiophene rings is 1. The molecule has 0 aliphatic rings. The van der Waals surface area contributed by atoms with Crippen LogP contribution in [0, 0.1) is 25.5 Å². The second kappa shape index (κ2) is 6.46. The molecule has 0 saturated carbocycles. The summed E-state index contributed by atoms with van der Waals surface area (Å²) in [5.74, 6) is -0.721. The van der Waals surface area contributed by atoms with Crippen LogP contribution in [0.25, 0.3) is 0 Å². The van der Waals surface area contributed by atoms with Gasteiger partial charge in [-0.05, 0) is 56.6 Å². The van der Waals surface area contributed by atoms with Gasteiger partial charge in [0, 0.05) is 15.3 Å². The van der Waals surface area contributed by atoms with Crippen molar-refractivity contribution >= 4 is 11.3 Å². The van der Waals surface area contributed by atoms with Crippen molar-refractivity contribution in [2.24, 2.45) is 0 Å². The molecule has 2 rings (SSSR count). The van der Waals surface area contributed by atoms with Gasteiger partial charge in [-0.25, -0.2) is 8.78 Å². The molecule has 0 saturated heterocycles. The van der Waals surface area contributed by atoms with Crippen LogP contribution in [0.1, 0.15) is 40.3 Å². The molecule has 0 aliphatic heterocycles. The van der Waals surface area contributed by atoms with Crippen LogP contribution in [0.2, 0.25) is 0 Å². The molecule has 2 aromatic rings. The third-order valence-electron chi connectivity index (χ3n) is 3.23. The summed E-state index contributed by atoms with van der Waals surface area (Å²) in [6.07, 6.45) is 0.941. The Balaban J connectivity index is 2.43. The van der Waals surface area contributed by atoms with Gasteiger partial charge in [0.1, 0.15) is 11.6 Å². The van der Waals surface area contributed by atoms with Crippen molar-refractivity contribution < 1.29 is 8.78 Å². The maximum atomic E-state index is 14.2. The summed E-state index contributed by atoms with van der Waals surface area (Å²) in [6.45, 7) is 6.40. The van der Waals surface area contributed by atoms with Crippen LogP contribution in [0.5, 0.6) is 0 Å². The summed E-state index contributed by atoms with van der Waals surface area (Å²) in [5, 5.41) is 3.31. The zero-order chi connectivity index (χ0) is 14.7. The monoisotopic (exact) mass is 295 g/mol. The highest BCUT2D eigenvalue weighted by atomic mass is 32.1. The first kappa shape index (κ1) is 15.1. The molecule has 1 aromatic heterocycles. The lowest BCUT2D eigenvalue weighted by molar-refractivity contribution is 0.536. The van der Waals surface area contributed by atoms with E-state index in [0.717, 1.165) is 22.7 Å². The molecule has 4 heteroatoms. The van der Waals surface area contributed by atoms with Gasteiger partial charge in [-0.15, -0.1) is 11.3 Å². The van der Waals surface area contributed by atoms with Gasteiger partial charge in [-0.2, -0.15) is 0 Å². The molecule has 0 amide bonds. The summed E-state index contributed by atoms with van der Waals surface area (Å²) >= 11 is 1.61. The molecule has 108 valence electrons. The molecule has 1 atom stereocenters. The molecule has 0 bridgehead atoms. The Hall–Kier alpha value is -1.26. The molecule has 0 radical (unpaired) electrons. The molecule has 0 fully saturated rings. The average molecular weight is 295 g/mol. The lowest BCUT2D eigenvalue weighted by atomic mass is 10.0. The lowest BCUT2D eigenvalue weighted by Crippen LogP contribution is -2.23. The van der Waals surface area contributed by atoms with Gasteiger partial charge < -0.3 is 5.32 Å². The van der Waals surface area contributed by atoms with Crippen LogP contribution in [-0.2, 0) is 0 Å². The quantitative estimate of drug-likeness (QED) is 0.840.